The van der Waals surface area contributed by atoms with Gasteiger partial charge >= 0.3 is 0 Å². The summed E-state index contributed by atoms with van der Waals surface area (Å²) < 4.78 is 0. The summed E-state index contributed by atoms with van der Waals surface area (Å²) in [6.07, 6.45) is 5.88. The maximum atomic E-state index is 4.79. The van der Waals surface area contributed by atoms with Crippen molar-refractivity contribution in [2.24, 2.45) is 11.8 Å². The number of nitrogens with zero attached hydrogens (tertiary/aromatic N) is 2. The molecule has 0 unspecified atom stereocenters. The molecule has 0 saturated carbocycles. The van der Waals surface area contributed by atoms with Crippen LogP contribution in [0.4, 0.5) is 0 Å². The summed E-state index contributed by atoms with van der Waals surface area (Å²) >= 11 is 0. The average molecular weight is 803 g/mol. The third-order valence-corrected chi connectivity index (χ3v) is 8.38. The van der Waals surface area contributed by atoms with Crippen molar-refractivity contribution in [3.05, 3.63) is 156 Å². The molecule has 2 heterocycles. The SMILES string of the molecule is CC(C)Cc1[c-]c(-c2nccc3c2ccc2ccccc23)cc(CC(C)C)c1.Cc1ccccc1-c1cc[c-]c(-c2ccccn2)c1.[Ir]. The topological polar surface area (TPSA) is 25.8 Å². The minimum Gasteiger partial charge on any atom is -0.305 e. The van der Waals surface area contributed by atoms with Crippen molar-refractivity contribution in [3.63, 3.8) is 0 Å². The Hall–Kier alpha value is -4.43. The molecule has 0 amide bonds. The van der Waals surface area contributed by atoms with Crippen LogP contribution in [-0.4, -0.2) is 9.97 Å². The van der Waals surface area contributed by atoms with Gasteiger partial charge in [0.25, 0.3) is 0 Å². The maximum absolute atomic E-state index is 4.79. The number of benzene rings is 5. The van der Waals surface area contributed by atoms with Crippen molar-refractivity contribution in [1.82, 2.24) is 9.97 Å². The second-order valence-corrected chi connectivity index (χ2v) is 13.2. The first-order valence-electron chi connectivity index (χ1n) is 16.7. The van der Waals surface area contributed by atoms with Crippen molar-refractivity contribution < 1.29 is 20.1 Å². The first kappa shape index (κ1) is 34.9. The zero-order chi connectivity index (χ0) is 32.8. The van der Waals surface area contributed by atoms with Gasteiger partial charge in [-0.2, -0.15) is 0 Å². The van der Waals surface area contributed by atoms with Crippen LogP contribution < -0.4 is 0 Å². The third kappa shape index (κ3) is 8.34. The standard InChI is InChI=1S/C27H28N.C18H14N.Ir/c1-18(2)13-20-15-21(14-19(3)4)17-23(16-20)27-26-10-9-22-7-5-6-8-24(22)25(26)11-12-28-27;1-14-7-2-3-10-17(14)15-8-6-9-16(13-15)18-11-4-5-12-19-18;/h5-12,15-16,18-19H,13-14H2,1-4H3;2-8,10-13H,1H3;/q2*-1;. The molecule has 0 aliphatic heterocycles. The van der Waals surface area contributed by atoms with Crippen LogP contribution in [0.2, 0.25) is 0 Å². The second-order valence-electron chi connectivity index (χ2n) is 13.2. The van der Waals surface area contributed by atoms with E-state index in [0.717, 1.165) is 35.4 Å². The smallest absolute Gasteiger partial charge is 0.0167 e. The Morgan fingerprint density at radius 3 is 2.17 bits per heavy atom. The molecule has 0 bridgehead atoms. The van der Waals surface area contributed by atoms with Gasteiger partial charge in [0.2, 0.25) is 0 Å². The minimum absolute atomic E-state index is 0. The number of aromatic nitrogens is 2. The molecule has 0 saturated heterocycles. The molecule has 2 nitrogen and oxygen atoms in total. The fraction of sp³-hybridized carbons (Fsp3) is 0.200. The van der Waals surface area contributed by atoms with Crippen LogP contribution in [0.25, 0.3) is 55.2 Å². The van der Waals surface area contributed by atoms with E-state index < -0.39 is 0 Å². The summed E-state index contributed by atoms with van der Waals surface area (Å²) in [5.74, 6) is 1.24. The van der Waals surface area contributed by atoms with Crippen LogP contribution in [0, 0.1) is 30.9 Å². The van der Waals surface area contributed by atoms with Crippen molar-refractivity contribution in [2.45, 2.75) is 47.5 Å². The van der Waals surface area contributed by atoms with Crippen molar-refractivity contribution in [1.29, 1.82) is 0 Å². The summed E-state index contributed by atoms with van der Waals surface area (Å²) in [6, 6.07) is 47.2. The molecule has 48 heavy (non-hydrogen) atoms. The Labute approximate surface area is 299 Å². The van der Waals surface area contributed by atoms with Gasteiger partial charge in [0, 0.05) is 32.5 Å². The molecule has 0 spiro atoms. The molecule has 3 heteroatoms. The number of aryl methyl sites for hydroxylation is 1. The van der Waals surface area contributed by atoms with E-state index in [0.29, 0.717) is 11.8 Å². The molecular formula is C45H42IrN2-2. The summed E-state index contributed by atoms with van der Waals surface area (Å²) in [5, 5.41) is 5.01. The first-order chi connectivity index (χ1) is 22.9. The van der Waals surface area contributed by atoms with Gasteiger partial charge in [0.1, 0.15) is 0 Å². The minimum atomic E-state index is 0. The van der Waals surface area contributed by atoms with Crippen LogP contribution in [0.15, 0.2) is 128 Å². The Kier molecular flexibility index (Phi) is 11.7. The molecule has 5 aromatic carbocycles. The molecule has 0 N–H and O–H groups in total. The zero-order valence-corrected chi connectivity index (χ0v) is 30.8. The van der Waals surface area contributed by atoms with Crippen molar-refractivity contribution in [3.8, 4) is 33.6 Å². The number of rotatable bonds is 7. The summed E-state index contributed by atoms with van der Waals surface area (Å²) in [5.41, 5.74) is 10.6. The Bertz CT molecular complexity index is 2090. The van der Waals surface area contributed by atoms with Crippen LogP contribution in [-0.2, 0) is 32.9 Å². The monoisotopic (exact) mass is 803 g/mol. The molecule has 2 aromatic heterocycles. The number of pyridine rings is 2. The van der Waals surface area contributed by atoms with E-state index in [4.69, 9.17) is 4.98 Å². The van der Waals surface area contributed by atoms with Gasteiger partial charge in [-0.1, -0.05) is 100 Å². The van der Waals surface area contributed by atoms with E-state index in [9.17, 15) is 0 Å². The predicted molar refractivity (Wildman–Crippen MR) is 199 cm³/mol. The van der Waals surface area contributed by atoms with Crippen LogP contribution in [0.5, 0.6) is 0 Å². The Balaban J connectivity index is 0.000000197. The van der Waals surface area contributed by atoms with Crippen LogP contribution in [0.1, 0.15) is 44.4 Å². The second kappa shape index (κ2) is 16.1. The fourth-order valence-electron chi connectivity index (χ4n) is 6.32. The van der Waals surface area contributed by atoms with Crippen LogP contribution in [0.3, 0.4) is 0 Å². The van der Waals surface area contributed by atoms with E-state index >= 15 is 0 Å². The van der Waals surface area contributed by atoms with E-state index in [-0.39, 0.29) is 20.1 Å². The predicted octanol–water partition coefficient (Wildman–Crippen LogP) is 11.8. The summed E-state index contributed by atoms with van der Waals surface area (Å²) in [6.45, 7) is 11.2. The van der Waals surface area contributed by atoms with Gasteiger partial charge < -0.3 is 9.97 Å². The Morgan fingerprint density at radius 2 is 1.40 bits per heavy atom. The van der Waals surface area contributed by atoms with Gasteiger partial charge in [-0.3, -0.25) is 0 Å². The van der Waals surface area contributed by atoms with Crippen LogP contribution >= 0.6 is 0 Å². The number of hydrogen-bond donors (Lipinski definition) is 0. The molecule has 1 radical (unpaired) electrons. The fourth-order valence-corrected chi connectivity index (χ4v) is 6.32. The summed E-state index contributed by atoms with van der Waals surface area (Å²) in [4.78, 5) is 9.17. The molecule has 0 aliphatic rings. The molecular weight excluding hydrogens is 761 g/mol. The molecule has 7 aromatic rings. The van der Waals surface area contributed by atoms with Gasteiger partial charge in [-0.15, -0.1) is 70.3 Å². The van der Waals surface area contributed by atoms with Crippen molar-refractivity contribution >= 4 is 21.5 Å². The normalized spacial score (nSPS) is 11.0. The summed E-state index contributed by atoms with van der Waals surface area (Å²) in [7, 11) is 0. The van der Waals surface area contributed by atoms with Crippen molar-refractivity contribution in [2.75, 3.05) is 0 Å². The average Bonchev–Trinajstić information content (AvgIpc) is 3.08. The maximum Gasteiger partial charge on any atom is 0.0167 e. The molecule has 0 atom stereocenters. The quantitative estimate of drug-likeness (QED) is 0.118. The van der Waals surface area contributed by atoms with Gasteiger partial charge in [0.15, 0.2) is 0 Å². The largest absolute Gasteiger partial charge is 0.305 e. The number of hydrogen-bond acceptors (Lipinski definition) is 2. The van der Waals surface area contributed by atoms with Gasteiger partial charge in [-0.25, -0.2) is 0 Å². The first-order valence-corrected chi connectivity index (χ1v) is 16.7. The molecule has 7 rings (SSSR count). The van der Waals surface area contributed by atoms with E-state index in [2.05, 4.69) is 143 Å². The third-order valence-electron chi connectivity index (χ3n) is 8.38. The van der Waals surface area contributed by atoms with Gasteiger partial charge in [-0.05, 0) is 87.8 Å². The molecule has 243 valence electrons. The Morgan fingerprint density at radius 1 is 0.625 bits per heavy atom. The van der Waals surface area contributed by atoms with E-state index in [1.165, 1.54) is 49.4 Å². The van der Waals surface area contributed by atoms with Gasteiger partial charge in [0.05, 0.1) is 0 Å². The molecule has 0 aliphatic carbocycles. The number of fused-ring (bicyclic) bond motifs is 3. The molecule has 0 fully saturated rings. The van der Waals surface area contributed by atoms with E-state index in [1.807, 2.05) is 36.7 Å². The van der Waals surface area contributed by atoms with E-state index in [1.54, 1.807) is 0 Å². The zero-order valence-electron chi connectivity index (χ0n) is 28.4.